The fraction of sp³-hybridized carbons (Fsp3) is 0.556. The fourth-order valence-corrected chi connectivity index (χ4v) is 1.09. The van der Waals surface area contributed by atoms with Gasteiger partial charge in [0, 0.05) is 6.42 Å². The number of ether oxygens (including phenoxy) is 1. The summed E-state index contributed by atoms with van der Waals surface area (Å²) in [4.78, 5) is 0. The Morgan fingerprint density at radius 1 is 1.40 bits per heavy atom. The minimum atomic E-state index is 1.10. The highest BCUT2D eigenvalue weighted by molar-refractivity contribution is 5.08. The molecule has 0 aromatic carbocycles. The molecule has 0 saturated heterocycles. The molecule has 0 saturated carbocycles. The van der Waals surface area contributed by atoms with Crippen LogP contribution in [0.1, 0.15) is 25.7 Å². The quantitative estimate of drug-likeness (QED) is 0.541. The first-order chi connectivity index (χ1) is 4.93. The van der Waals surface area contributed by atoms with E-state index >= 15 is 0 Å². The molecule has 1 nitrogen and oxygen atoms in total. The van der Waals surface area contributed by atoms with Crippen LogP contribution in [0.3, 0.4) is 0 Å². The minimum Gasteiger partial charge on any atom is -0.501 e. The van der Waals surface area contributed by atoms with Crippen LogP contribution in [0.15, 0.2) is 24.0 Å². The monoisotopic (exact) mass is 138 g/mol. The maximum atomic E-state index is 5.14. The van der Waals surface area contributed by atoms with E-state index < -0.39 is 0 Å². The Balaban J connectivity index is 2.49. The van der Waals surface area contributed by atoms with Gasteiger partial charge in [0.15, 0.2) is 0 Å². The molecule has 0 heterocycles. The Morgan fingerprint density at radius 3 is 3.10 bits per heavy atom. The number of rotatable bonds is 1. The summed E-state index contributed by atoms with van der Waals surface area (Å²) in [5, 5.41) is 0. The molecule has 56 valence electrons. The zero-order valence-electron chi connectivity index (χ0n) is 6.47. The van der Waals surface area contributed by atoms with E-state index in [-0.39, 0.29) is 0 Å². The predicted molar refractivity (Wildman–Crippen MR) is 42.7 cm³/mol. The molecule has 0 aromatic heterocycles. The van der Waals surface area contributed by atoms with Crippen molar-refractivity contribution in [1.82, 2.24) is 0 Å². The van der Waals surface area contributed by atoms with E-state index in [0.29, 0.717) is 0 Å². The van der Waals surface area contributed by atoms with Crippen molar-refractivity contribution in [2.24, 2.45) is 0 Å². The molecule has 0 N–H and O–H groups in total. The second-order valence-corrected chi connectivity index (χ2v) is 2.51. The first-order valence-electron chi connectivity index (χ1n) is 3.83. The maximum absolute atomic E-state index is 5.14. The molecular formula is C9H14O. The summed E-state index contributed by atoms with van der Waals surface area (Å²) in [6.45, 7) is 0. The van der Waals surface area contributed by atoms with Crippen LogP contribution in [0.25, 0.3) is 0 Å². The molecule has 0 aromatic rings. The van der Waals surface area contributed by atoms with Gasteiger partial charge in [-0.05, 0) is 25.3 Å². The lowest BCUT2D eigenvalue weighted by molar-refractivity contribution is 0.274. The Bertz CT molecular complexity index is 145. The number of hydrogen-bond donors (Lipinski definition) is 0. The summed E-state index contributed by atoms with van der Waals surface area (Å²) in [5.41, 5.74) is 0. The van der Waals surface area contributed by atoms with Gasteiger partial charge in [-0.3, -0.25) is 0 Å². The van der Waals surface area contributed by atoms with E-state index in [1.807, 2.05) is 0 Å². The third-order valence-electron chi connectivity index (χ3n) is 1.72. The van der Waals surface area contributed by atoms with Crippen molar-refractivity contribution in [3.63, 3.8) is 0 Å². The van der Waals surface area contributed by atoms with Gasteiger partial charge < -0.3 is 4.74 Å². The molecule has 0 fully saturated rings. The van der Waals surface area contributed by atoms with E-state index in [4.69, 9.17) is 4.74 Å². The molecule has 1 heteroatoms. The average molecular weight is 138 g/mol. The highest BCUT2D eigenvalue weighted by atomic mass is 16.5. The third kappa shape index (κ3) is 2.26. The maximum Gasteiger partial charge on any atom is 0.0955 e. The molecule has 1 aliphatic rings. The van der Waals surface area contributed by atoms with E-state index in [1.54, 1.807) is 7.11 Å². The lowest BCUT2D eigenvalue weighted by atomic mass is 10.1. The van der Waals surface area contributed by atoms with Gasteiger partial charge in [-0.2, -0.15) is 0 Å². The van der Waals surface area contributed by atoms with Crippen molar-refractivity contribution in [2.45, 2.75) is 25.7 Å². The summed E-state index contributed by atoms with van der Waals surface area (Å²) in [5.74, 6) is 1.11. The molecule has 1 rings (SSSR count). The zero-order valence-corrected chi connectivity index (χ0v) is 6.47. The van der Waals surface area contributed by atoms with Crippen LogP contribution < -0.4 is 0 Å². The Hall–Kier alpha value is -0.720. The Kier molecular flexibility index (Phi) is 3.07. The standard InChI is InChI=1S/C9H14O/c1-10-9-7-5-3-2-4-6-8-9/h3,5,7H,2,4,6,8H2,1H3. The normalized spacial score (nSPS) is 19.1. The summed E-state index contributed by atoms with van der Waals surface area (Å²) in [7, 11) is 1.74. The zero-order chi connectivity index (χ0) is 7.23. The lowest BCUT2D eigenvalue weighted by Crippen LogP contribution is -1.88. The lowest BCUT2D eigenvalue weighted by Gasteiger charge is -2.05. The first-order valence-corrected chi connectivity index (χ1v) is 3.83. The summed E-state index contributed by atoms with van der Waals surface area (Å²) < 4.78 is 5.14. The Morgan fingerprint density at radius 2 is 2.30 bits per heavy atom. The van der Waals surface area contributed by atoms with Crippen molar-refractivity contribution in [2.75, 3.05) is 7.11 Å². The van der Waals surface area contributed by atoms with Crippen molar-refractivity contribution in [1.29, 1.82) is 0 Å². The van der Waals surface area contributed by atoms with Gasteiger partial charge in [-0.1, -0.05) is 12.2 Å². The second-order valence-electron chi connectivity index (χ2n) is 2.51. The number of allylic oxidation sites excluding steroid dienone is 4. The number of hydrogen-bond acceptors (Lipinski definition) is 1. The first kappa shape index (κ1) is 7.39. The van der Waals surface area contributed by atoms with Crippen LogP contribution in [0.4, 0.5) is 0 Å². The molecule has 10 heavy (non-hydrogen) atoms. The van der Waals surface area contributed by atoms with Crippen LogP contribution in [-0.4, -0.2) is 7.11 Å². The van der Waals surface area contributed by atoms with Crippen LogP contribution in [0.2, 0.25) is 0 Å². The minimum absolute atomic E-state index is 1.10. The molecule has 0 aliphatic heterocycles. The van der Waals surface area contributed by atoms with Crippen LogP contribution in [-0.2, 0) is 4.74 Å². The molecule has 1 aliphatic carbocycles. The van der Waals surface area contributed by atoms with E-state index in [1.165, 1.54) is 19.3 Å². The SMILES string of the molecule is COC1=CC=CCCCC1. The predicted octanol–water partition coefficient (Wildman–Crippen LogP) is 2.65. The topological polar surface area (TPSA) is 9.23 Å². The van der Waals surface area contributed by atoms with Gasteiger partial charge in [-0.25, -0.2) is 0 Å². The van der Waals surface area contributed by atoms with Gasteiger partial charge >= 0.3 is 0 Å². The average Bonchev–Trinajstić information content (AvgIpc) is 1.87. The van der Waals surface area contributed by atoms with Crippen LogP contribution in [0.5, 0.6) is 0 Å². The van der Waals surface area contributed by atoms with Crippen molar-refractivity contribution in [3.8, 4) is 0 Å². The van der Waals surface area contributed by atoms with E-state index in [2.05, 4.69) is 18.2 Å². The molecule has 0 radical (unpaired) electrons. The summed E-state index contributed by atoms with van der Waals surface area (Å²) in [6, 6.07) is 0. The van der Waals surface area contributed by atoms with Crippen molar-refractivity contribution < 1.29 is 4.74 Å². The van der Waals surface area contributed by atoms with Crippen molar-refractivity contribution in [3.05, 3.63) is 24.0 Å². The highest BCUT2D eigenvalue weighted by Gasteiger charge is 1.96. The second kappa shape index (κ2) is 4.15. The molecule has 0 bridgehead atoms. The Labute approximate surface area is 62.4 Å². The van der Waals surface area contributed by atoms with E-state index in [0.717, 1.165) is 12.2 Å². The summed E-state index contributed by atoms with van der Waals surface area (Å²) >= 11 is 0. The number of methoxy groups -OCH3 is 1. The van der Waals surface area contributed by atoms with E-state index in [9.17, 15) is 0 Å². The smallest absolute Gasteiger partial charge is 0.0955 e. The van der Waals surface area contributed by atoms with Gasteiger partial charge in [0.2, 0.25) is 0 Å². The van der Waals surface area contributed by atoms with Gasteiger partial charge in [-0.15, -0.1) is 0 Å². The van der Waals surface area contributed by atoms with Crippen molar-refractivity contribution >= 4 is 0 Å². The largest absolute Gasteiger partial charge is 0.501 e. The molecular weight excluding hydrogens is 124 g/mol. The molecule has 0 spiro atoms. The summed E-state index contributed by atoms with van der Waals surface area (Å²) in [6.07, 6.45) is 11.2. The molecule has 0 amide bonds. The third-order valence-corrected chi connectivity index (χ3v) is 1.72. The molecule has 0 atom stereocenters. The van der Waals surface area contributed by atoms with Gasteiger partial charge in [0.25, 0.3) is 0 Å². The highest BCUT2D eigenvalue weighted by Crippen LogP contribution is 2.12. The van der Waals surface area contributed by atoms with Gasteiger partial charge in [0.05, 0.1) is 12.9 Å². The van der Waals surface area contributed by atoms with Crippen LogP contribution >= 0.6 is 0 Å². The van der Waals surface area contributed by atoms with Crippen LogP contribution in [0, 0.1) is 0 Å². The molecule has 0 unspecified atom stereocenters. The fourth-order valence-electron chi connectivity index (χ4n) is 1.09. The van der Waals surface area contributed by atoms with Gasteiger partial charge in [0.1, 0.15) is 0 Å².